The van der Waals surface area contributed by atoms with Crippen molar-refractivity contribution in [1.29, 1.82) is 0 Å². The average molecular weight is 312 g/mol. The molecule has 1 aromatic carbocycles. The largest absolute Gasteiger partial charge is 0.310 e. The van der Waals surface area contributed by atoms with Crippen LogP contribution in [0.5, 0.6) is 0 Å². The number of rotatable bonds is 3. The van der Waals surface area contributed by atoms with Crippen LogP contribution in [0.25, 0.3) is 0 Å². The monoisotopic (exact) mass is 311 g/mol. The highest BCUT2D eigenvalue weighted by molar-refractivity contribution is 6.42. The molecule has 2 aliphatic rings. The summed E-state index contributed by atoms with van der Waals surface area (Å²) in [5.74, 6) is 0.219. The molecule has 2 heterocycles. The smallest absolute Gasteiger partial charge is 0.170 e. The summed E-state index contributed by atoms with van der Waals surface area (Å²) >= 11 is 12.0. The van der Waals surface area contributed by atoms with Gasteiger partial charge in [0, 0.05) is 23.1 Å². The second kappa shape index (κ2) is 5.32. The van der Waals surface area contributed by atoms with Crippen molar-refractivity contribution in [3.8, 4) is 0 Å². The third-order valence-electron chi connectivity index (χ3n) is 5.11. The van der Waals surface area contributed by atoms with Crippen molar-refractivity contribution in [3.05, 3.63) is 33.8 Å². The lowest BCUT2D eigenvalue weighted by Gasteiger charge is -2.41. The number of fused-ring (bicyclic) bond motifs is 2. The van der Waals surface area contributed by atoms with E-state index in [2.05, 4.69) is 12.2 Å². The lowest BCUT2D eigenvalue weighted by Crippen LogP contribution is -2.52. The SMILES string of the molecule is CC[C@]1(C(=O)c2ccc(Cl)c(Cl)c2)CC[C@@H]2CCC1N2. The molecule has 0 amide bonds. The summed E-state index contributed by atoms with van der Waals surface area (Å²) in [6.45, 7) is 2.12. The Balaban J connectivity index is 1.96. The molecule has 4 heteroatoms. The summed E-state index contributed by atoms with van der Waals surface area (Å²) in [6.07, 6.45) is 5.24. The summed E-state index contributed by atoms with van der Waals surface area (Å²) < 4.78 is 0. The number of hydrogen-bond donors (Lipinski definition) is 1. The summed E-state index contributed by atoms with van der Waals surface area (Å²) in [5, 5.41) is 4.58. The van der Waals surface area contributed by atoms with E-state index in [0.29, 0.717) is 27.7 Å². The van der Waals surface area contributed by atoms with Gasteiger partial charge in [0.2, 0.25) is 0 Å². The van der Waals surface area contributed by atoms with Crippen molar-refractivity contribution in [2.24, 2.45) is 5.41 Å². The van der Waals surface area contributed by atoms with Crippen LogP contribution in [0.1, 0.15) is 49.4 Å². The van der Waals surface area contributed by atoms with E-state index >= 15 is 0 Å². The van der Waals surface area contributed by atoms with Gasteiger partial charge in [0.05, 0.1) is 10.0 Å². The van der Waals surface area contributed by atoms with E-state index < -0.39 is 0 Å². The van der Waals surface area contributed by atoms with E-state index in [1.54, 1.807) is 18.2 Å². The van der Waals surface area contributed by atoms with Crippen molar-refractivity contribution in [3.63, 3.8) is 0 Å². The zero-order valence-electron chi connectivity index (χ0n) is 11.6. The highest BCUT2D eigenvalue weighted by Gasteiger charge is 2.50. The molecule has 20 heavy (non-hydrogen) atoms. The fraction of sp³-hybridized carbons (Fsp3) is 0.562. The maximum atomic E-state index is 13.1. The molecule has 108 valence electrons. The van der Waals surface area contributed by atoms with E-state index in [1.807, 2.05) is 0 Å². The predicted molar refractivity (Wildman–Crippen MR) is 82.7 cm³/mol. The molecule has 2 bridgehead atoms. The molecule has 0 aliphatic carbocycles. The zero-order chi connectivity index (χ0) is 14.3. The third-order valence-corrected chi connectivity index (χ3v) is 5.85. The number of halogens is 2. The minimum Gasteiger partial charge on any atom is -0.310 e. The molecule has 0 spiro atoms. The maximum Gasteiger partial charge on any atom is 0.170 e. The summed E-state index contributed by atoms with van der Waals surface area (Å²) in [6, 6.07) is 6.16. The first-order valence-corrected chi connectivity index (χ1v) is 8.08. The topological polar surface area (TPSA) is 29.1 Å². The Morgan fingerprint density at radius 3 is 2.80 bits per heavy atom. The number of nitrogens with one attached hydrogen (secondary N) is 1. The Bertz CT molecular complexity index is 545. The number of carbonyl (C=O) groups excluding carboxylic acids is 1. The van der Waals surface area contributed by atoms with Gasteiger partial charge in [-0.25, -0.2) is 0 Å². The predicted octanol–water partition coefficient (Wildman–Crippen LogP) is 4.49. The van der Waals surface area contributed by atoms with Crippen LogP contribution in [0.15, 0.2) is 18.2 Å². The normalized spacial score (nSPS) is 32.4. The molecular weight excluding hydrogens is 293 g/mol. The molecule has 3 rings (SSSR count). The fourth-order valence-electron chi connectivity index (χ4n) is 3.87. The van der Waals surface area contributed by atoms with Crippen LogP contribution in [0, 0.1) is 5.41 Å². The highest BCUT2D eigenvalue weighted by atomic mass is 35.5. The molecule has 2 saturated heterocycles. The molecule has 2 fully saturated rings. The van der Waals surface area contributed by atoms with Crippen molar-refractivity contribution < 1.29 is 4.79 Å². The Hall–Kier alpha value is -0.570. The lowest BCUT2D eigenvalue weighted by atomic mass is 9.68. The molecule has 1 aromatic rings. The Labute approximate surface area is 129 Å². The van der Waals surface area contributed by atoms with E-state index in [0.717, 1.165) is 25.7 Å². The fourth-order valence-corrected chi connectivity index (χ4v) is 4.17. The van der Waals surface area contributed by atoms with Gasteiger partial charge in [-0.1, -0.05) is 30.1 Å². The quantitative estimate of drug-likeness (QED) is 0.833. The molecule has 0 radical (unpaired) electrons. The van der Waals surface area contributed by atoms with Crippen molar-refractivity contribution in [2.75, 3.05) is 0 Å². The van der Waals surface area contributed by atoms with Gasteiger partial charge >= 0.3 is 0 Å². The minimum atomic E-state index is -0.274. The Morgan fingerprint density at radius 1 is 1.30 bits per heavy atom. The second-order valence-corrected chi connectivity index (χ2v) is 6.81. The van der Waals surface area contributed by atoms with E-state index in [-0.39, 0.29) is 11.2 Å². The van der Waals surface area contributed by atoms with Crippen LogP contribution >= 0.6 is 23.2 Å². The van der Waals surface area contributed by atoms with E-state index in [4.69, 9.17) is 23.2 Å². The first kappa shape index (κ1) is 14.4. The molecule has 0 aromatic heterocycles. The Kier molecular flexibility index (Phi) is 3.83. The van der Waals surface area contributed by atoms with Crippen LogP contribution in [0.3, 0.4) is 0 Å². The van der Waals surface area contributed by atoms with Gasteiger partial charge in [0.15, 0.2) is 5.78 Å². The van der Waals surface area contributed by atoms with Crippen LogP contribution < -0.4 is 5.32 Å². The molecule has 2 aliphatic heterocycles. The highest BCUT2D eigenvalue weighted by Crippen LogP contribution is 2.45. The van der Waals surface area contributed by atoms with Gasteiger partial charge in [-0.2, -0.15) is 0 Å². The number of Topliss-reactive ketones (excluding diaryl/α,β-unsaturated/α-hetero) is 1. The van der Waals surface area contributed by atoms with Crippen LogP contribution in [0.2, 0.25) is 10.0 Å². The van der Waals surface area contributed by atoms with Crippen molar-refractivity contribution in [2.45, 2.75) is 51.1 Å². The van der Waals surface area contributed by atoms with E-state index in [9.17, 15) is 4.79 Å². The molecule has 3 atom stereocenters. The van der Waals surface area contributed by atoms with Gasteiger partial charge in [0.1, 0.15) is 0 Å². The molecule has 2 nitrogen and oxygen atoms in total. The van der Waals surface area contributed by atoms with Crippen molar-refractivity contribution >= 4 is 29.0 Å². The van der Waals surface area contributed by atoms with Gasteiger partial charge < -0.3 is 5.32 Å². The standard InChI is InChI=1S/C16H19Cl2NO/c1-2-16(8-7-11-4-6-14(16)19-11)15(20)10-3-5-12(17)13(18)9-10/h3,5,9,11,14,19H,2,4,6-8H2,1H3/t11-,14?,16-/m0/s1. The second-order valence-electron chi connectivity index (χ2n) is 6.00. The summed E-state index contributed by atoms with van der Waals surface area (Å²) in [7, 11) is 0. The molecule has 0 saturated carbocycles. The summed E-state index contributed by atoms with van der Waals surface area (Å²) in [4.78, 5) is 13.1. The van der Waals surface area contributed by atoms with Gasteiger partial charge in [0.25, 0.3) is 0 Å². The van der Waals surface area contributed by atoms with Gasteiger partial charge in [-0.15, -0.1) is 0 Å². The zero-order valence-corrected chi connectivity index (χ0v) is 13.1. The van der Waals surface area contributed by atoms with Crippen LogP contribution in [-0.2, 0) is 0 Å². The van der Waals surface area contributed by atoms with Crippen LogP contribution in [0.4, 0.5) is 0 Å². The first-order chi connectivity index (χ1) is 9.56. The van der Waals surface area contributed by atoms with Gasteiger partial charge in [-0.05, 0) is 50.3 Å². The Morgan fingerprint density at radius 2 is 2.10 bits per heavy atom. The molecule has 1 N–H and O–H groups in total. The first-order valence-electron chi connectivity index (χ1n) is 7.33. The number of benzene rings is 1. The van der Waals surface area contributed by atoms with Gasteiger partial charge in [-0.3, -0.25) is 4.79 Å². The number of hydrogen-bond acceptors (Lipinski definition) is 2. The molecular formula is C16H19Cl2NO. The average Bonchev–Trinajstić information content (AvgIpc) is 2.86. The molecule has 1 unspecified atom stereocenters. The third kappa shape index (κ3) is 2.18. The minimum absolute atomic E-state index is 0.219. The van der Waals surface area contributed by atoms with Crippen LogP contribution in [-0.4, -0.2) is 17.9 Å². The number of ketones is 1. The maximum absolute atomic E-state index is 13.1. The van der Waals surface area contributed by atoms with E-state index in [1.165, 1.54) is 6.42 Å². The number of carbonyl (C=O) groups is 1. The van der Waals surface area contributed by atoms with Crippen molar-refractivity contribution in [1.82, 2.24) is 5.32 Å². The summed E-state index contributed by atoms with van der Waals surface area (Å²) in [5.41, 5.74) is 0.415. The number of piperidine rings is 1. The lowest BCUT2D eigenvalue weighted by molar-refractivity contribution is 0.0634.